The highest BCUT2D eigenvalue weighted by molar-refractivity contribution is 5.67. The highest BCUT2D eigenvalue weighted by Gasteiger charge is 2.17. The molecular formula is C27H53NO2. The third-order valence-electron chi connectivity index (χ3n) is 6.63. The molecule has 1 amide bonds. The highest BCUT2D eigenvalue weighted by atomic mass is 16.6. The van der Waals surface area contributed by atoms with Gasteiger partial charge < -0.3 is 10.1 Å². The summed E-state index contributed by atoms with van der Waals surface area (Å²) in [5, 5.41) is 2.92. The van der Waals surface area contributed by atoms with Crippen molar-refractivity contribution >= 4 is 6.09 Å². The van der Waals surface area contributed by atoms with Crippen molar-refractivity contribution in [2.24, 2.45) is 0 Å². The number of unbranched alkanes of at least 4 members (excludes halogenated alkanes) is 17. The van der Waals surface area contributed by atoms with Gasteiger partial charge in [-0.15, -0.1) is 0 Å². The van der Waals surface area contributed by atoms with E-state index >= 15 is 0 Å². The Balaban J connectivity index is 1.69. The summed E-state index contributed by atoms with van der Waals surface area (Å²) in [7, 11) is 0. The van der Waals surface area contributed by atoms with Gasteiger partial charge >= 0.3 is 6.09 Å². The molecule has 1 rings (SSSR count). The van der Waals surface area contributed by atoms with Gasteiger partial charge in [0.05, 0.1) is 0 Å². The summed E-state index contributed by atoms with van der Waals surface area (Å²) in [5.74, 6) is 0. The summed E-state index contributed by atoms with van der Waals surface area (Å²) in [6.45, 7) is 3.06. The number of nitrogens with one attached hydrogen (secondary N) is 1. The Morgan fingerprint density at radius 3 is 1.47 bits per heavy atom. The first-order valence-electron chi connectivity index (χ1n) is 13.8. The fourth-order valence-corrected chi connectivity index (χ4v) is 4.59. The number of rotatable bonds is 20. The number of carbonyl (C=O) groups is 1. The molecule has 178 valence electrons. The second kappa shape index (κ2) is 21.5. The van der Waals surface area contributed by atoms with E-state index < -0.39 is 0 Å². The van der Waals surface area contributed by atoms with Gasteiger partial charge in [-0.1, -0.05) is 122 Å². The lowest BCUT2D eigenvalue weighted by molar-refractivity contribution is 0.0753. The molecule has 0 bridgehead atoms. The largest absolute Gasteiger partial charge is 0.446 e. The first-order chi connectivity index (χ1) is 14.8. The predicted molar refractivity (Wildman–Crippen MR) is 130 cm³/mol. The molecule has 0 aliphatic heterocycles. The molecule has 0 spiro atoms. The smallest absolute Gasteiger partial charge is 0.407 e. The van der Waals surface area contributed by atoms with Crippen molar-refractivity contribution in [2.45, 2.75) is 161 Å². The van der Waals surface area contributed by atoms with Gasteiger partial charge in [0, 0.05) is 6.54 Å². The molecule has 3 heteroatoms. The minimum Gasteiger partial charge on any atom is -0.446 e. The molecule has 30 heavy (non-hydrogen) atoms. The van der Waals surface area contributed by atoms with Crippen LogP contribution in [0.5, 0.6) is 0 Å². The number of amides is 1. The van der Waals surface area contributed by atoms with Crippen LogP contribution in [0.25, 0.3) is 0 Å². The third kappa shape index (κ3) is 18.1. The number of carbonyl (C=O) groups excluding carboxylic acids is 1. The molecule has 3 nitrogen and oxygen atoms in total. The standard InChI is InChI=1S/C27H53NO2/c1-2-3-4-5-6-7-8-9-10-11-12-13-14-15-16-17-18-22-25-28-27(29)30-26-23-20-19-21-24-26/h26H,2-25H2,1H3,(H,28,29). The van der Waals surface area contributed by atoms with Gasteiger partial charge in [-0.05, 0) is 32.1 Å². The number of ether oxygens (including phenoxy) is 1. The Labute approximate surface area is 188 Å². The molecule has 0 radical (unpaired) electrons. The Morgan fingerprint density at radius 2 is 1.03 bits per heavy atom. The average Bonchev–Trinajstić information content (AvgIpc) is 2.76. The lowest BCUT2D eigenvalue weighted by Gasteiger charge is -2.21. The van der Waals surface area contributed by atoms with E-state index in [9.17, 15) is 4.79 Å². The fraction of sp³-hybridized carbons (Fsp3) is 0.963. The monoisotopic (exact) mass is 423 g/mol. The third-order valence-corrected chi connectivity index (χ3v) is 6.63. The van der Waals surface area contributed by atoms with Gasteiger partial charge in [-0.2, -0.15) is 0 Å². The Morgan fingerprint density at radius 1 is 0.633 bits per heavy atom. The van der Waals surface area contributed by atoms with Crippen molar-refractivity contribution < 1.29 is 9.53 Å². The van der Waals surface area contributed by atoms with Crippen molar-refractivity contribution in [1.82, 2.24) is 5.32 Å². The first-order valence-corrected chi connectivity index (χ1v) is 13.8. The number of hydrogen-bond donors (Lipinski definition) is 1. The zero-order chi connectivity index (χ0) is 21.5. The molecule has 1 fully saturated rings. The average molecular weight is 424 g/mol. The Hall–Kier alpha value is -0.730. The summed E-state index contributed by atoms with van der Waals surface area (Å²) >= 11 is 0. The molecule has 1 aliphatic rings. The predicted octanol–water partition coefficient (Wildman–Crippen LogP) is 9.09. The van der Waals surface area contributed by atoms with E-state index in [1.807, 2.05) is 0 Å². The lowest BCUT2D eigenvalue weighted by atomic mass is 9.98. The molecule has 0 saturated heterocycles. The fourth-order valence-electron chi connectivity index (χ4n) is 4.59. The second-order valence-corrected chi connectivity index (χ2v) is 9.60. The van der Waals surface area contributed by atoms with Crippen LogP contribution in [0.1, 0.15) is 155 Å². The summed E-state index contributed by atoms with van der Waals surface area (Å²) < 4.78 is 5.48. The normalized spacial score (nSPS) is 14.7. The summed E-state index contributed by atoms with van der Waals surface area (Å²) in [4.78, 5) is 11.8. The summed E-state index contributed by atoms with van der Waals surface area (Å²) in [5.41, 5.74) is 0. The van der Waals surface area contributed by atoms with Crippen LogP contribution in [-0.4, -0.2) is 18.7 Å². The van der Waals surface area contributed by atoms with Gasteiger partial charge in [-0.25, -0.2) is 4.79 Å². The van der Waals surface area contributed by atoms with Gasteiger partial charge in [-0.3, -0.25) is 0 Å². The van der Waals surface area contributed by atoms with Crippen LogP contribution in [0.4, 0.5) is 4.79 Å². The van der Waals surface area contributed by atoms with Gasteiger partial charge in [0.25, 0.3) is 0 Å². The van der Waals surface area contributed by atoms with E-state index in [4.69, 9.17) is 4.74 Å². The molecule has 0 heterocycles. The summed E-state index contributed by atoms with van der Waals surface area (Å²) in [6.07, 6.45) is 30.8. The van der Waals surface area contributed by atoms with Gasteiger partial charge in [0.15, 0.2) is 0 Å². The molecule has 0 aromatic carbocycles. The van der Waals surface area contributed by atoms with E-state index in [-0.39, 0.29) is 12.2 Å². The van der Waals surface area contributed by atoms with Crippen LogP contribution >= 0.6 is 0 Å². The van der Waals surface area contributed by atoms with Crippen molar-refractivity contribution in [3.63, 3.8) is 0 Å². The second-order valence-electron chi connectivity index (χ2n) is 9.60. The van der Waals surface area contributed by atoms with E-state index in [1.165, 1.54) is 128 Å². The number of alkyl carbamates (subject to hydrolysis) is 1. The van der Waals surface area contributed by atoms with Crippen molar-refractivity contribution in [3.8, 4) is 0 Å². The molecule has 0 unspecified atom stereocenters. The SMILES string of the molecule is CCCCCCCCCCCCCCCCCCCCNC(=O)OC1CCCCC1. The maximum absolute atomic E-state index is 11.8. The quantitative estimate of drug-likeness (QED) is 0.198. The zero-order valence-electron chi connectivity index (χ0n) is 20.4. The lowest BCUT2D eigenvalue weighted by Crippen LogP contribution is -2.30. The molecular weight excluding hydrogens is 370 g/mol. The zero-order valence-corrected chi connectivity index (χ0v) is 20.4. The van der Waals surface area contributed by atoms with Crippen LogP contribution in [0.2, 0.25) is 0 Å². The molecule has 1 N–H and O–H groups in total. The first kappa shape index (κ1) is 27.3. The number of hydrogen-bond acceptors (Lipinski definition) is 2. The summed E-state index contributed by atoms with van der Waals surface area (Å²) in [6, 6.07) is 0. The molecule has 0 atom stereocenters. The minimum absolute atomic E-state index is 0.166. The van der Waals surface area contributed by atoms with Crippen LogP contribution in [0.3, 0.4) is 0 Å². The van der Waals surface area contributed by atoms with Gasteiger partial charge in [0.1, 0.15) is 6.10 Å². The highest BCUT2D eigenvalue weighted by Crippen LogP contribution is 2.20. The van der Waals surface area contributed by atoms with Crippen molar-refractivity contribution in [1.29, 1.82) is 0 Å². The van der Waals surface area contributed by atoms with Crippen LogP contribution in [0.15, 0.2) is 0 Å². The van der Waals surface area contributed by atoms with E-state index in [0.717, 1.165) is 25.8 Å². The Kier molecular flexibility index (Phi) is 19.6. The maximum atomic E-state index is 11.8. The maximum Gasteiger partial charge on any atom is 0.407 e. The van der Waals surface area contributed by atoms with E-state index in [1.54, 1.807) is 0 Å². The van der Waals surface area contributed by atoms with Crippen LogP contribution in [0, 0.1) is 0 Å². The molecule has 0 aromatic heterocycles. The van der Waals surface area contributed by atoms with E-state index in [2.05, 4.69) is 12.2 Å². The molecule has 0 aromatic rings. The van der Waals surface area contributed by atoms with Crippen LogP contribution < -0.4 is 5.32 Å². The van der Waals surface area contributed by atoms with Crippen molar-refractivity contribution in [2.75, 3.05) is 6.54 Å². The molecule has 1 saturated carbocycles. The van der Waals surface area contributed by atoms with Crippen molar-refractivity contribution in [3.05, 3.63) is 0 Å². The van der Waals surface area contributed by atoms with Gasteiger partial charge in [0.2, 0.25) is 0 Å². The topological polar surface area (TPSA) is 38.3 Å². The Bertz CT molecular complexity index is 366. The molecule has 1 aliphatic carbocycles. The van der Waals surface area contributed by atoms with E-state index in [0.29, 0.717) is 0 Å². The minimum atomic E-state index is -0.200. The van der Waals surface area contributed by atoms with Crippen LogP contribution in [-0.2, 0) is 4.74 Å².